The molecule has 2 aromatic heterocycles. The number of anilines is 1. The van der Waals surface area contributed by atoms with E-state index in [1.807, 2.05) is 23.1 Å². The first-order valence-corrected chi connectivity index (χ1v) is 11.6. The Labute approximate surface area is 203 Å². The van der Waals surface area contributed by atoms with Gasteiger partial charge in [-0.25, -0.2) is 4.98 Å². The number of hydrogen-bond acceptors (Lipinski definition) is 9. The Morgan fingerprint density at radius 2 is 1.77 bits per heavy atom. The number of aromatic nitrogens is 4. The van der Waals surface area contributed by atoms with Crippen LogP contribution in [0.3, 0.4) is 0 Å². The Kier molecular flexibility index (Phi) is 7.64. The maximum absolute atomic E-state index is 12.7. The topological polar surface area (TPSA) is 111 Å². The van der Waals surface area contributed by atoms with Gasteiger partial charge < -0.3 is 24.0 Å². The second kappa shape index (κ2) is 11.0. The van der Waals surface area contributed by atoms with Gasteiger partial charge in [0.15, 0.2) is 11.5 Å². The lowest BCUT2D eigenvalue weighted by Gasteiger charge is -2.36. The maximum Gasteiger partial charge on any atom is 0.305 e. The molecule has 35 heavy (non-hydrogen) atoms. The van der Waals surface area contributed by atoms with Crippen molar-refractivity contribution in [1.29, 1.82) is 0 Å². The van der Waals surface area contributed by atoms with Gasteiger partial charge in [-0.05, 0) is 31.0 Å². The number of carbonyl (C=O) groups is 2. The van der Waals surface area contributed by atoms with E-state index in [9.17, 15) is 9.59 Å². The third-order valence-corrected chi connectivity index (χ3v) is 5.98. The molecule has 3 heterocycles. The van der Waals surface area contributed by atoms with Crippen LogP contribution in [-0.2, 0) is 14.3 Å². The van der Waals surface area contributed by atoms with E-state index in [0.717, 1.165) is 16.9 Å². The molecule has 0 N–H and O–H groups in total. The number of benzene rings is 1. The van der Waals surface area contributed by atoms with Gasteiger partial charge in [-0.2, -0.15) is 14.6 Å². The summed E-state index contributed by atoms with van der Waals surface area (Å²) in [5.41, 5.74) is 1.78. The average molecular weight is 483 g/mol. The van der Waals surface area contributed by atoms with Crippen LogP contribution in [0, 0.1) is 0 Å². The number of methoxy groups -OCH3 is 2. The van der Waals surface area contributed by atoms with Gasteiger partial charge in [0, 0.05) is 50.8 Å². The quantitative estimate of drug-likeness (QED) is 0.424. The fraction of sp³-hybridized carbons (Fsp3) is 0.458. The summed E-state index contributed by atoms with van der Waals surface area (Å²) in [6.45, 7) is 4.53. The number of hydrogen-bond donors (Lipinski definition) is 0. The molecule has 4 rings (SSSR count). The molecular weight excluding hydrogens is 452 g/mol. The van der Waals surface area contributed by atoms with E-state index in [1.165, 1.54) is 6.33 Å². The molecule has 1 aliphatic heterocycles. The zero-order valence-corrected chi connectivity index (χ0v) is 20.3. The van der Waals surface area contributed by atoms with E-state index in [2.05, 4.69) is 20.0 Å². The third kappa shape index (κ3) is 5.28. The van der Waals surface area contributed by atoms with Crippen LogP contribution >= 0.6 is 0 Å². The lowest BCUT2D eigenvalue weighted by Crippen LogP contribution is -2.49. The molecule has 1 saturated heterocycles. The highest BCUT2D eigenvalue weighted by Crippen LogP contribution is 2.36. The summed E-state index contributed by atoms with van der Waals surface area (Å²) in [6.07, 6.45) is 4.35. The highest BCUT2D eigenvalue weighted by Gasteiger charge is 2.26. The van der Waals surface area contributed by atoms with Crippen LogP contribution < -0.4 is 14.4 Å². The van der Waals surface area contributed by atoms with Gasteiger partial charge >= 0.3 is 5.97 Å². The Balaban J connectivity index is 1.51. The predicted octanol–water partition coefficient (Wildman–Crippen LogP) is 2.19. The summed E-state index contributed by atoms with van der Waals surface area (Å²) in [7, 11) is 3.20. The molecule has 0 bridgehead atoms. The summed E-state index contributed by atoms with van der Waals surface area (Å²) in [4.78, 5) is 36.9. The number of nitrogens with zero attached hydrogens (tertiary/aromatic N) is 6. The standard InChI is InChI=1S/C24H30N6O5/c1-4-35-22(32)7-5-6-21(31)28-10-12-29(13-11-28)23-18(15-25-24-26-16-27-30(23)24)17-8-9-19(33-2)20(14-17)34-3/h8-9,14-16H,4-7,10-13H2,1-3H3. The molecule has 0 radical (unpaired) electrons. The summed E-state index contributed by atoms with van der Waals surface area (Å²) in [5.74, 6) is 2.41. The molecule has 1 aliphatic rings. The summed E-state index contributed by atoms with van der Waals surface area (Å²) >= 11 is 0. The van der Waals surface area contributed by atoms with Gasteiger partial charge in [0.1, 0.15) is 12.1 Å². The smallest absolute Gasteiger partial charge is 0.305 e. The summed E-state index contributed by atoms with van der Waals surface area (Å²) < 4.78 is 17.5. The van der Waals surface area contributed by atoms with Gasteiger partial charge in [-0.15, -0.1) is 0 Å². The normalized spacial score (nSPS) is 13.7. The van der Waals surface area contributed by atoms with Crippen molar-refractivity contribution in [1.82, 2.24) is 24.5 Å². The highest BCUT2D eigenvalue weighted by atomic mass is 16.5. The number of esters is 1. The van der Waals surface area contributed by atoms with Crippen molar-refractivity contribution in [2.24, 2.45) is 0 Å². The number of piperazine rings is 1. The minimum atomic E-state index is -0.262. The number of ether oxygens (including phenoxy) is 3. The highest BCUT2D eigenvalue weighted by molar-refractivity contribution is 5.80. The molecule has 3 aromatic rings. The molecular formula is C24H30N6O5. The van der Waals surface area contributed by atoms with Gasteiger partial charge in [-0.1, -0.05) is 6.07 Å². The summed E-state index contributed by atoms with van der Waals surface area (Å²) in [5, 5.41) is 4.40. The zero-order valence-electron chi connectivity index (χ0n) is 20.3. The van der Waals surface area contributed by atoms with Crippen LogP contribution in [0.4, 0.5) is 5.82 Å². The lowest BCUT2D eigenvalue weighted by atomic mass is 10.1. The molecule has 11 heteroatoms. The predicted molar refractivity (Wildman–Crippen MR) is 129 cm³/mol. The first kappa shape index (κ1) is 24.2. The molecule has 1 amide bonds. The van der Waals surface area contributed by atoms with Crippen LogP contribution in [0.1, 0.15) is 26.2 Å². The van der Waals surface area contributed by atoms with E-state index < -0.39 is 0 Å². The molecule has 1 aromatic carbocycles. The minimum Gasteiger partial charge on any atom is -0.493 e. The molecule has 11 nitrogen and oxygen atoms in total. The van der Waals surface area contributed by atoms with E-state index in [-0.39, 0.29) is 18.3 Å². The molecule has 0 unspecified atom stereocenters. The monoisotopic (exact) mass is 482 g/mol. The van der Waals surface area contributed by atoms with Crippen LogP contribution in [0.25, 0.3) is 16.9 Å². The van der Waals surface area contributed by atoms with Crippen molar-refractivity contribution in [2.75, 3.05) is 51.9 Å². The van der Waals surface area contributed by atoms with Gasteiger partial charge in [0.25, 0.3) is 5.78 Å². The molecule has 186 valence electrons. The van der Waals surface area contributed by atoms with Crippen LogP contribution in [0.2, 0.25) is 0 Å². The number of rotatable bonds is 9. The van der Waals surface area contributed by atoms with Crippen molar-refractivity contribution in [2.45, 2.75) is 26.2 Å². The van der Waals surface area contributed by atoms with Crippen molar-refractivity contribution < 1.29 is 23.8 Å². The van der Waals surface area contributed by atoms with E-state index in [1.54, 1.807) is 31.9 Å². The Morgan fingerprint density at radius 3 is 2.49 bits per heavy atom. The van der Waals surface area contributed by atoms with Gasteiger partial charge in [0.2, 0.25) is 5.91 Å². The van der Waals surface area contributed by atoms with Gasteiger partial charge in [-0.3, -0.25) is 9.59 Å². The first-order valence-electron chi connectivity index (χ1n) is 11.6. The number of amides is 1. The minimum absolute atomic E-state index is 0.0506. The van der Waals surface area contributed by atoms with Crippen LogP contribution in [-0.4, -0.2) is 83.4 Å². The lowest BCUT2D eigenvalue weighted by molar-refractivity contribution is -0.143. The Morgan fingerprint density at radius 1 is 1.00 bits per heavy atom. The third-order valence-electron chi connectivity index (χ3n) is 5.98. The number of fused-ring (bicyclic) bond motifs is 1. The van der Waals surface area contributed by atoms with Crippen LogP contribution in [0.15, 0.2) is 30.7 Å². The molecule has 0 saturated carbocycles. The fourth-order valence-electron chi connectivity index (χ4n) is 4.22. The molecule has 0 atom stereocenters. The number of carbonyl (C=O) groups excluding carboxylic acids is 2. The van der Waals surface area contributed by atoms with E-state index in [4.69, 9.17) is 14.2 Å². The SMILES string of the molecule is CCOC(=O)CCCC(=O)N1CCN(c2c(-c3ccc(OC)c(OC)c3)cnc3ncnn23)CC1. The van der Waals surface area contributed by atoms with Crippen LogP contribution in [0.5, 0.6) is 11.5 Å². The van der Waals surface area contributed by atoms with E-state index in [0.29, 0.717) is 62.9 Å². The maximum atomic E-state index is 12.7. The van der Waals surface area contributed by atoms with Gasteiger partial charge in [0.05, 0.1) is 20.8 Å². The Hall–Kier alpha value is -3.89. The Bertz CT molecular complexity index is 1190. The van der Waals surface area contributed by atoms with Crippen molar-refractivity contribution in [3.63, 3.8) is 0 Å². The van der Waals surface area contributed by atoms with Crippen molar-refractivity contribution >= 4 is 23.5 Å². The molecule has 1 fully saturated rings. The molecule has 0 aliphatic carbocycles. The van der Waals surface area contributed by atoms with E-state index >= 15 is 0 Å². The zero-order chi connectivity index (χ0) is 24.8. The molecule has 0 spiro atoms. The second-order valence-corrected chi connectivity index (χ2v) is 8.06. The van der Waals surface area contributed by atoms with Crippen molar-refractivity contribution in [3.8, 4) is 22.6 Å². The first-order chi connectivity index (χ1) is 17.0. The average Bonchev–Trinajstić information content (AvgIpc) is 3.37. The fourth-order valence-corrected chi connectivity index (χ4v) is 4.22. The van der Waals surface area contributed by atoms with Crippen molar-refractivity contribution in [3.05, 3.63) is 30.7 Å². The largest absolute Gasteiger partial charge is 0.493 e. The second-order valence-electron chi connectivity index (χ2n) is 8.06. The summed E-state index contributed by atoms with van der Waals surface area (Å²) in [6, 6.07) is 5.72.